The summed E-state index contributed by atoms with van der Waals surface area (Å²) in [6.45, 7) is 6.66. The summed E-state index contributed by atoms with van der Waals surface area (Å²) in [4.78, 5) is 0. The maximum Gasteiger partial charge on any atom is 0.131 e. The van der Waals surface area contributed by atoms with Gasteiger partial charge < -0.3 is 14.2 Å². The molecule has 0 aliphatic heterocycles. The predicted octanol–water partition coefficient (Wildman–Crippen LogP) is 7.23. The highest BCUT2D eigenvalue weighted by Gasteiger charge is 2.07. The van der Waals surface area contributed by atoms with Gasteiger partial charge in [-0.25, -0.2) is 0 Å². The molecule has 0 N–H and O–H groups in total. The first-order chi connectivity index (χ1) is 12.5. The molecule has 0 heterocycles. The zero-order chi connectivity index (χ0) is 18.9. The highest BCUT2D eigenvalue weighted by atomic mass is 79.9. The molecule has 0 aliphatic carbocycles. The molecular formula is C21H24Br2O3. The summed E-state index contributed by atoms with van der Waals surface area (Å²) in [6, 6.07) is 13.6. The molecular weight excluding hydrogens is 460 g/mol. The first-order valence-corrected chi connectivity index (χ1v) is 10.3. The number of halogens is 2. The van der Waals surface area contributed by atoms with Crippen LogP contribution in [0, 0.1) is 0 Å². The molecule has 140 valence electrons. The van der Waals surface area contributed by atoms with E-state index in [1.54, 1.807) is 0 Å². The molecule has 3 nitrogen and oxygen atoms in total. The minimum absolute atomic E-state index is 0.131. The summed E-state index contributed by atoms with van der Waals surface area (Å²) in [5.74, 6) is 3.23. The molecule has 2 rings (SSSR count). The number of hydrogen-bond donors (Lipinski definition) is 0. The second-order valence-electron chi connectivity index (χ2n) is 6.07. The number of hydrogen-bond acceptors (Lipinski definition) is 3. The summed E-state index contributed by atoms with van der Waals surface area (Å²) in [5.41, 5.74) is 1.14. The second-order valence-corrected chi connectivity index (χ2v) is 8.84. The Morgan fingerprint density at radius 2 is 1.77 bits per heavy atom. The molecule has 0 unspecified atom stereocenters. The molecule has 0 amide bonds. The molecule has 0 radical (unpaired) electrons. The SMILES string of the molecule is CCCc1cc(Oc2cccc(OC(C)C)c2)ccc1OCC=C(Br)Br. The van der Waals surface area contributed by atoms with Gasteiger partial charge in [0.15, 0.2) is 0 Å². The zero-order valence-electron chi connectivity index (χ0n) is 15.3. The zero-order valence-corrected chi connectivity index (χ0v) is 18.5. The Morgan fingerprint density at radius 3 is 2.46 bits per heavy atom. The fourth-order valence-corrected chi connectivity index (χ4v) is 2.70. The van der Waals surface area contributed by atoms with E-state index in [1.807, 2.05) is 62.4 Å². The average Bonchev–Trinajstić information content (AvgIpc) is 2.56. The van der Waals surface area contributed by atoms with E-state index < -0.39 is 0 Å². The quantitative estimate of drug-likeness (QED) is 0.376. The smallest absolute Gasteiger partial charge is 0.131 e. The average molecular weight is 484 g/mol. The molecule has 0 saturated heterocycles. The van der Waals surface area contributed by atoms with Crippen LogP contribution in [0.15, 0.2) is 51.9 Å². The van der Waals surface area contributed by atoms with Crippen LogP contribution in [0.5, 0.6) is 23.0 Å². The monoisotopic (exact) mass is 482 g/mol. The molecule has 0 spiro atoms. The predicted molar refractivity (Wildman–Crippen MR) is 114 cm³/mol. The van der Waals surface area contributed by atoms with Gasteiger partial charge in [0, 0.05) is 6.07 Å². The number of benzene rings is 2. The van der Waals surface area contributed by atoms with E-state index >= 15 is 0 Å². The Balaban J connectivity index is 2.14. The molecule has 0 aliphatic rings. The molecule has 5 heteroatoms. The molecule has 2 aromatic rings. The van der Waals surface area contributed by atoms with Crippen molar-refractivity contribution in [3.05, 3.63) is 57.5 Å². The normalized spacial score (nSPS) is 10.5. The second kappa shape index (κ2) is 10.6. The topological polar surface area (TPSA) is 27.7 Å². The third-order valence-corrected chi connectivity index (χ3v) is 4.09. The summed E-state index contributed by atoms with van der Waals surface area (Å²) < 4.78 is 18.5. The third-order valence-electron chi connectivity index (χ3n) is 3.44. The highest BCUT2D eigenvalue weighted by molar-refractivity contribution is 9.28. The van der Waals surface area contributed by atoms with E-state index in [2.05, 4.69) is 38.8 Å². The van der Waals surface area contributed by atoms with E-state index in [-0.39, 0.29) is 6.10 Å². The molecule has 2 aromatic carbocycles. The molecule has 0 bridgehead atoms. The molecule has 0 saturated carbocycles. The number of ether oxygens (including phenoxy) is 3. The van der Waals surface area contributed by atoms with Crippen LogP contribution in [0.1, 0.15) is 32.8 Å². The van der Waals surface area contributed by atoms with Crippen molar-refractivity contribution in [2.45, 2.75) is 39.7 Å². The summed E-state index contributed by atoms with van der Waals surface area (Å²) in [5, 5.41) is 0. The lowest BCUT2D eigenvalue weighted by Crippen LogP contribution is -2.05. The van der Waals surface area contributed by atoms with Crippen molar-refractivity contribution in [2.24, 2.45) is 0 Å². The van der Waals surface area contributed by atoms with Crippen LogP contribution in [-0.2, 0) is 6.42 Å². The van der Waals surface area contributed by atoms with E-state index in [4.69, 9.17) is 14.2 Å². The Hall–Kier alpha value is -1.46. The molecule has 0 aromatic heterocycles. The number of rotatable bonds is 9. The van der Waals surface area contributed by atoms with Crippen molar-refractivity contribution < 1.29 is 14.2 Å². The van der Waals surface area contributed by atoms with Gasteiger partial charge in [-0.2, -0.15) is 0 Å². The van der Waals surface area contributed by atoms with Crippen molar-refractivity contribution >= 4 is 31.9 Å². The fraction of sp³-hybridized carbons (Fsp3) is 0.333. The summed E-state index contributed by atoms with van der Waals surface area (Å²) >= 11 is 6.67. The minimum atomic E-state index is 0.131. The molecule has 0 atom stereocenters. The van der Waals surface area contributed by atoms with Gasteiger partial charge in [-0.05, 0) is 94.1 Å². The Kier molecular flexibility index (Phi) is 8.52. The standard InChI is InChI=1S/C21H24Br2O3/c1-4-6-16-13-19(9-10-20(16)24-12-11-21(22)23)26-18-8-5-7-17(14-18)25-15(2)3/h5,7-11,13-15H,4,6,12H2,1-3H3. The van der Waals surface area contributed by atoms with Crippen LogP contribution in [0.4, 0.5) is 0 Å². The van der Waals surface area contributed by atoms with Gasteiger partial charge in [0.1, 0.15) is 29.6 Å². The summed E-state index contributed by atoms with van der Waals surface area (Å²) in [6.07, 6.45) is 4.02. The van der Waals surface area contributed by atoms with Crippen LogP contribution in [0.2, 0.25) is 0 Å². The van der Waals surface area contributed by atoms with Gasteiger partial charge >= 0.3 is 0 Å². The van der Waals surface area contributed by atoms with Crippen LogP contribution in [-0.4, -0.2) is 12.7 Å². The van der Waals surface area contributed by atoms with Crippen LogP contribution in [0.3, 0.4) is 0 Å². The fourth-order valence-electron chi connectivity index (χ4n) is 2.44. The molecule has 0 fully saturated rings. The van der Waals surface area contributed by atoms with Crippen LogP contribution in [0.25, 0.3) is 0 Å². The van der Waals surface area contributed by atoms with E-state index in [9.17, 15) is 0 Å². The van der Waals surface area contributed by atoms with Gasteiger partial charge in [0.2, 0.25) is 0 Å². The van der Waals surface area contributed by atoms with Crippen LogP contribution < -0.4 is 14.2 Å². The third kappa shape index (κ3) is 7.04. The lowest BCUT2D eigenvalue weighted by Gasteiger charge is -2.14. The van der Waals surface area contributed by atoms with Crippen molar-refractivity contribution in [2.75, 3.05) is 6.61 Å². The van der Waals surface area contributed by atoms with Gasteiger partial charge in [-0.3, -0.25) is 0 Å². The highest BCUT2D eigenvalue weighted by Crippen LogP contribution is 2.30. The van der Waals surface area contributed by atoms with E-state index in [0.29, 0.717) is 6.61 Å². The number of aryl methyl sites for hydroxylation is 1. The van der Waals surface area contributed by atoms with Crippen molar-refractivity contribution in [3.8, 4) is 23.0 Å². The maximum atomic E-state index is 6.02. The Labute approximate surface area is 172 Å². The van der Waals surface area contributed by atoms with Gasteiger partial charge in [-0.15, -0.1) is 0 Å². The Morgan fingerprint density at radius 1 is 1.04 bits per heavy atom. The lowest BCUT2D eigenvalue weighted by atomic mass is 10.1. The Bertz CT molecular complexity index is 738. The lowest BCUT2D eigenvalue weighted by molar-refractivity contribution is 0.241. The first-order valence-electron chi connectivity index (χ1n) is 8.69. The van der Waals surface area contributed by atoms with Crippen LogP contribution >= 0.6 is 31.9 Å². The van der Waals surface area contributed by atoms with Crippen molar-refractivity contribution in [3.63, 3.8) is 0 Å². The maximum absolute atomic E-state index is 6.02. The minimum Gasteiger partial charge on any atom is -0.491 e. The van der Waals surface area contributed by atoms with E-state index in [1.165, 1.54) is 0 Å². The summed E-state index contributed by atoms with van der Waals surface area (Å²) in [7, 11) is 0. The molecule has 26 heavy (non-hydrogen) atoms. The van der Waals surface area contributed by atoms with Gasteiger partial charge in [0.05, 0.1) is 9.50 Å². The van der Waals surface area contributed by atoms with Gasteiger partial charge in [-0.1, -0.05) is 19.4 Å². The van der Waals surface area contributed by atoms with Crippen molar-refractivity contribution in [1.82, 2.24) is 0 Å². The van der Waals surface area contributed by atoms with E-state index in [0.717, 1.165) is 44.8 Å². The first kappa shape index (κ1) is 20.8. The van der Waals surface area contributed by atoms with Crippen molar-refractivity contribution in [1.29, 1.82) is 0 Å². The van der Waals surface area contributed by atoms with Gasteiger partial charge in [0.25, 0.3) is 0 Å². The largest absolute Gasteiger partial charge is 0.491 e.